The van der Waals surface area contributed by atoms with Crippen molar-refractivity contribution in [1.29, 1.82) is 0 Å². The molecule has 1 N–H and O–H groups in total. The molecule has 0 bridgehead atoms. The number of ether oxygens (including phenoxy) is 1. The summed E-state index contributed by atoms with van der Waals surface area (Å²) in [4.78, 5) is 26.9. The van der Waals surface area contributed by atoms with E-state index in [1.165, 1.54) is 22.8 Å². The number of fused-ring (bicyclic) bond motifs is 1. The van der Waals surface area contributed by atoms with Crippen LogP contribution in [0.2, 0.25) is 0 Å². The van der Waals surface area contributed by atoms with Crippen LogP contribution in [0.3, 0.4) is 0 Å². The number of thiophene rings is 1. The number of esters is 1. The van der Waals surface area contributed by atoms with Crippen LogP contribution in [0.4, 0.5) is 5.00 Å². The Labute approximate surface area is 186 Å². The van der Waals surface area contributed by atoms with Crippen LogP contribution < -0.4 is 5.32 Å². The predicted molar refractivity (Wildman–Crippen MR) is 119 cm³/mol. The van der Waals surface area contributed by atoms with Gasteiger partial charge in [0.1, 0.15) is 11.0 Å². The van der Waals surface area contributed by atoms with Gasteiger partial charge in [0, 0.05) is 11.4 Å². The van der Waals surface area contributed by atoms with Gasteiger partial charge in [-0.1, -0.05) is 17.7 Å². The van der Waals surface area contributed by atoms with Gasteiger partial charge in [-0.15, -0.1) is 11.3 Å². The quantitative estimate of drug-likeness (QED) is 0.687. The van der Waals surface area contributed by atoms with Crippen molar-refractivity contribution in [2.24, 2.45) is 0 Å². The number of aryl methyl sites for hydroxylation is 2. The molecule has 2 heterocycles. The van der Waals surface area contributed by atoms with Crippen LogP contribution in [0.1, 0.15) is 52.0 Å². The minimum Gasteiger partial charge on any atom is -0.465 e. The summed E-state index contributed by atoms with van der Waals surface area (Å²) in [6.45, 7) is 2.18. The molecule has 2 aromatic rings. The number of methoxy groups -OCH3 is 1. The number of hydrogen-bond acceptors (Lipinski definition) is 6. The lowest BCUT2D eigenvalue weighted by atomic mass is 9.95. The summed E-state index contributed by atoms with van der Waals surface area (Å²) in [5.74, 6) is -0.873. The van der Waals surface area contributed by atoms with E-state index in [9.17, 15) is 18.0 Å². The van der Waals surface area contributed by atoms with E-state index in [2.05, 4.69) is 5.32 Å². The Morgan fingerprint density at radius 1 is 1.13 bits per heavy atom. The van der Waals surface area contributed by atoms with Gasteiger partial charge < -0.3 is 10.1 Å². The van der Waals surface area contributed by atoms with E-state index in [4.69, 9.17) is 4.74 Å². The monoisotopic (exact) mass is 462 g/mol. The fourth-order valence-corrected chi connectivity index (χ4v) is 7.24. The number of benzene rings is 1. The Kier molecular flexibility index (Phi) is 6.18. The summed E-state index contributed by atoms with van der Waals surface area (Å²) in [5, 5.41) is 3.32. The van der Waals surface area contributed by atoms with Crippen molar-refractivity contribution < 1.29 is 22.7 Å². The van der Waals surface area contributed by atoms with Crippen molar-refractivity contribution in [3.05, 3.63) is 45.8 Å². The van der Waals surface area contributed by atoms with Crippen molar-refractivity contribution in [3.63, 3.8) is 0 Å². The highest BCUT2D eigenvalue weighted by atomic mass is 32.2. The van der Waals surface area contributed by atoms with Crippen LogP contribution in [0.25, 0.3) is 0 Å². The first kappa shape index (κ1) is 22.0. The maximum Gasteiger partial charge on any atom is 0.341 e. The summed E-state index contributed by atoms with van der Waals surface area (Å²) in [6, 6.07) is 5.82. The molecule has 2 aliphatic rings. The Hall–Kier alpha value is -2.23. The second kappa shape index (κ2) is 8.72. The number of carbonyl (C=O) groups is 2. The third kappa shape index (κ3) is 4.14. The molecule has 4 rings (SSSR count). The predicted octanol–water partition coefficient (Wildman–Crippen LogP) is 3.51. The lowest BCUT2D eigenvalue weighted by Gasteiger charge is -2.23. The smallest absolute Gasteiger partial charge is 0.341 e. The van der Waals surface area contributed by atoms with Crippen molar-refractivity contribution in [2.45, 2.75) is 56.4 Å². The number of amides is 1. The Morgan fingerprint density at radius 2 is 1.84 bits per heavy atom. The minimum absolute atomic E-state index is 0.180. The molecule has 1 amide bonds. The summed E-state index contributed by atoms with van der Waals surface area (Å²) in [6.07, 6.45) is 4.74. The Morgan fingerprint density at radius 3 is 2.55 bits per heavy atom. The van der Waals surface area contributed by atoms with Crippen molar-refractivity contribution in [3.8, 4) is 0 Å². The standard InChI is InChI=1S/C22H26N2O5S2/c1-14-9-11-15(12-10-14)31(27,28)24-13-5-7-17(24)20(25)23-21-19(22(26)29-2)16-6-3-4-8-18(16)30-21/h9-12,17H,3-8,13H2,1-2H3,(H,23,25). The number of nitrogens with one attached hydrogen (secondary N) is 1. The molecule has 1 aliphatic carbocycles. The molecule has 0 radical (unpaired) electrons. The topological polar surface area (TPSA) is 92.8 Å². The summed E-state index contributed by atoms with van der Waals surface area (Å²) < 4.78 is 32.6. The van der Waals surface area contributed by atoms with Crippen LogP contribution in [-0.4, -0.2) is 44.3 Å². The number of anilines is 1. The highest BCUT2D eigenvalue weighted by Gasteiger charge is 2.40. The lowest BCUT2D eigenvalue weighted by molar-refractivity contribution is -0.119. The highest BCUT2D eigenvalue weighted by molar-refractivity contribution is 7.89. The fourth-order valence-electron chi connectivity index (χ4n) is 4.30. The van der Waals surface area contributed by atoms with E-state index in [1.54, 1.807) is 24.3 Å². The van der Waals surface area contributed by atoms with Gasteiger partial charge in [0.05, 0.1) is 17.6 Å². The van der Waals surface area contributed by atoms with E-state index in [0.29, 0.717) is 30.0 Å². The molecule has 31 heavy (non-hydrogen) atoms. The lowest BCUT2D eigenvalue weighted by Crippen LogP contribution is -2.43. The van der Waals surface area contributed by atoms with Gasteiger partial charge >= 0.3 is 5.97 Å². The maximum atomic E-state index is 13.2. The third-order valence-corrected chi connectivity index (χ3v) is 9.06. The molecule has 0 spiro atoms. The van der Waals surface area contributed by atoms with Gasteiger partial charge in [-0.05, 0) is 63.1 Å². The summed E-state index contributed by atoms with van der Waals surface area (Å²) in [5.41, 5.74) is 2.34. The maximum absolute atomic E-state index is 13.2. The summed E-state index contributed by atoms with van der Waals surface area (Å²) >= 11 is 1.40. The Balaban J connectivity index is 1.61. The minimum atomic E-state index is -3.79. The zero-order valence-corrected chi connectivity index (χ0v) is 19.3. The normalized spacial score (nSPS) is 19.1. The van der Waals surface area contributed by atoms with Gasteiger partial charge in [-0.25, -0.2) is 13.2 Å². The first-order valence-electron chi connectivity index (χ1n) is 10.4. The molecule has 1 aromatic heterocycles. The van der Waals surface area contributed by atoms with Crippen LogP contribution in [0.5, 0.6) is 0 Å². The molecular weight excluding hydrogens is 436 g/mol. The molecule has 1 aromatic carbocycles. The second-order valence-corrected chi connectivity index (χ2v) is 11.0. The van der Waals surface area contributed by atoms with Gasteiger partial charge in [-0.2, -0.15) is 4.31 Å². The van der Waals surface area contributed by atoms with Crippen molar-refractivity contribution in [1.82, 2.24) is 4.31 Å². The highest BCUT2D eigenvalue weighted by Crippen LogP contribution is 2.39. The molecule has 0 saturated carbocycles. The van der Waals surface area contributed by atoms with E-state index < -0.39 is 27.9 Å². The van der Waals surface area contributed by atoms with Crippen LogP contribution in [-0.2, 0) is 32.4 Å². The van der Waals surface area contributed by atoms with Crippen LogP contribution in [0.15, 0.2) is 29.2 Å². The van der Waals surface area contributed by atoms with Crippen molar-refractivity contribution in [2.75, 3.05) is 19.0 Å². The second-order valence-electron chi connectivity index (χ2n) is 7.98. The van der Waals surface area contributed by atoms with E-state index in [0.717, 1.165) is 41.7 Å². The van der Waals surface area contributed by atoms with Crippen molar-refractivity contribution >= 4 is 38.2 Å². The number of rotatable bonds is 5. The molecule has 1 aliphatic heterocycles. The molecule has 1 saturated heterocycles. The zero-order valence-electron chi connectivity index (χ0n) is 17.6. The Bertz CT molecular complexity index is 1110. The molecular formula is C22H26N2O5S2. The molecule has 1 atom stereocenters. The fraction of sp³-hybridized carbons (Fsp3) is 0.455. The third-order valence-electron chi connectivity index (χ3n) is 5.93. The molecule has 9 heteroatoms. The average molecular weight is 463 g/mol. The molecule has 7 nitrogen and oxygen atoms in total. The number of hydrogen-bond donors (Lipinski definition) is 1. The number of carbonyl (C=O) groups excluding carboxylic acids is 2. The van der Waals surface area contributed by atoms with Gasteiger partial charge in [0.15, 0.2) is 0 Å². The SMILES string of the molecule is COC(=O)c1c(NC(=O)C2CCCN2S(=O)(=O)c2ccc(C)cc2)sc2c1CCCC2. The van der Waals surface area contributed by atoms with Gasteiger partial charge in [0.2, 0.25) is 15.9 Å². The first-order chi connectivity index (χ1) is 14.8. The average Bonchev–Trinajstić information content (AvgIpc) is 3.39. The van der Waals surface area contributed by atoms with E-state index in [1.807, 2.05) is 6.92 Å². The largest absolute Gasteiger partial charge is 0.465 e. The van der Waals surface area contributed by atoms with Crippen LogP contribution in [0, 0.1) is 6.92 Å². The summed E-state index contributed by atoms with van der Waals surface area (Å²) in [7, 11) is -2.46. The van der Waals surface area contributed by atoms with Gasteiger partial charge in [0.25, 0.3) is 0 Å². The zero-order chi connectivity index (χ0) is 22.2. The van der Waals surface area contributed by atoms with Crippen LogP contribution >= 0.6 is 11.3 Å². The van der Waals surface area contributed by atoms with E-state index in [-0.39, 0.29) is 4.90 Å². The first-order valence-corrected chi connectivity index (χ1v) is 12.7. The van der Waals surface area contributed by atoms with Gasteiger partial charge in [-0.3, -0.25) is 4.79 Å². The number of sulfonamides is 1. The molecule has 1 fully saturated rings. The number of nitrogens with zero attached hydrogens (tertiary/aromatic N) is 1. The van der Waals surface area contributed by atoms with E-state index >= 15 is 0 Å². The molecule has 166 valence electrons. The molecule has 1 unspecified atom stereocenters.